The molecule has 24 nitrogen and oxygen atoms in total. The minimum Gasteiger partial charge on any atom is -0.507 e. The highest BCUT2D eigenvalue weighted by molar-refractivity contribution is 8.15. The largest absolute Gasteiger partial charge is 0.507 e. The number of nitrogens with two attached hydrogens (primary N) is 1. The van der Waals surface area contributed by atoms with Crippen molar-refractivity contribution in [3.63, 3.8) is 0 Å². The lowest BCUT2D eigenvalue weighted by Gasteiger charge is -2.40. The van der Waals surface area contributed by atoms with Crippen LogP contribution >= 0.6 is 11.8 Å². The Morgan fingerprint density at radius 2 is 1.37 bits per heavy atom. The van der Waals surface area contributed by atoms with Gasteiger partial charge >= 0.3 is 11.7 Å². The summed E-state index contributed by atoms with van der Waals surface area (Å²) in [6.45, 7) is 16.0. The van der Waals surface area contributed by atoms with E-state index in [4.69, 9.17) is 48.5 Å². The summed E-state index contributed by atoms with van der Waals surface area (Å²) >= 11 is 1.17. The first-order valence-electron chi connectivity index (χ1n) is 32.7. The van der Waals surface area contributed by atoms with Crippen molar-refractivity contribution >= 4 is 45.6 Å². The van der Waals surface area contributed by atoms with Crippen LogP contribution in [0.25, 0.3) is 28.0 Å². The summed E-state index contributed by atoms with van der Waals surface area (Å²) in [6.07, 6.45) is 5.89. The first-order valence-corrected chi connectivity index (χ1v) is 33.5. The SMILES string of the molecule is Cc1ccnc(C(C)C)c1-n1c(=O)nc(N2CCN(C(=O)/C=C/CN(C)CCOCCOCCOCCOCCOCCOCCOCCOCCON(C)C(=O)N3N=C(c4cc(F)ccc4F)SC3(CCCN)c3ccccc3)C[C@@H]2C)c2cc(F)c(-c3c(O)cccc3F)nc21. The Hall–Kier alpha value is -7.52. The number of hydroxylamine groups is 2. The molecule has 3 N–H and O–H groups in total. The number of thioether (sulfide) groups is 1. The number of phenols is 1. The summed E-state index contributed by atoms with van der Waals surface area (Å²) in [7, 11) is 3.38. The number of benzene rings is 3. The van der Waals surface area contributed by atoms with E-state index in [-0.39, 0.29) is 78.2 Å². The summed E-state index contributed by atoms with van der Waals surface area (Å²) < 4.78 is 107. The number of pyridine rings is 2. The Kier molecular flexibility index (Phi) is 30.1. The fourth-order valence-electron chi connectivity index (χ4n) is 10.9. The summed E-state index contributed by atoms with van der Waals surface area (Å²) in [5.74, 6) is -3.77. The quantitative estimate of drug-likeness (QED) is 0.0159. The number of phenolic OH excluding ortho intramolecular Hbond substituents is 1. The van der Waals surface area contributed by atoms with Crippen molar-refractivity contribution in [3.8, 4) is 22.7 Å². The van der Waals surface area contributed by atoms with E-state index in [0.29, 0.717) is 148 Å². The number of likely N-dealkylation sites (N-methyl/N-ethyl adjacent to an activating group) is 1. The smallest absolute Gasteiger partial charge is 0.365 e. The molecule has 3 aromatic carbocycles. The molecule has 6 aromatic rings. The zero-order chi connectivity index (χ0) is 70.0. The Bertz CT molecular complexity index is 3660. The normalized spacial score (nSPS) is 15.8. The van der Waals surface area contributed by atoms with E-state index in [2.05, 4.69) is 20.1 Å². The van der Waals surface area contributed by atoms with E-state index in [9.17, 15) is 28.3 Å². The van der Waals surface area contributed by atoms with E-state index in [1.807, 2.05) is 74.9 Å². The number of hydrazone groups is 1. The number of anilines is 1. The monoisotopic (exact) mass is 1390 g/mol. The van der Waals surface area contributed by atoms with Crippen LogP contribution in [0.15, 0.2) is 107 Å². The van der Waals surface area contributed by atoms with Crippen LogP contribution in [-0.4, -0.2) is 233 Å². The standard InChI is InChI=1S/C69H89F4N11O13S/c1-48(2)61-63(49(3)20-23-75-61)83-65-54(46-57(73)62(76-65)60-56(72)15-10-16-58(60)85)64(77-67(83)87)82-26-25-81(47-50(82)4)59(86)17-11-24-79(5)27-28-89-29-30-90-31-32-91-33-34-92-35-36-93-37-38-94-39-40-95-41-42-96-43-44-97-80(6)68(88)84-69(21-12-22-74,51-13-8-7-9-14-51)98-66(78-84)53-45-52(70)18-19-55(53)71/h7-11,13-20,23,45-46,48,50,85H,12,21-22,24-44,47,74H2,1-6H3/b17-11+/t50-,69?/m0/s1. The highest BCUT2D eigenvalue weighted by atomic mass is 32.2. The van der Waals surface area contributed by atoms with Gasteiger partial charge in [0.2, 0.25) is 5.91 Å². The summed E-state index contributed by atoms with van der Waals surface area (Å²) in [5.41, 5.74) is 6.69. The van der Waals surface area contributed by atoms with Gasteiger partial charge in [-0.3, -0.25) is 14.6 Å². The number of aromatic hydroxyl groups is 1. The van der Waals surface area contributed by atoms with Crippen molar-refractivity contribution in [1.82, 2.24) is 39.4 Å². The molecule has 3 aromatic heterocycles. The molecule has 98 heavy (non-hydrogen) atoms. The van der Waals surface area contributed by atoms with Gasteiger partial charge in [-0.05, 0) is 99.8 Å². The number of ether oxygens (including phenoxy) is 8. The summed E-state index contributed by atoms with van der Waals surface area (Å²) in [4.78, 5) is 65.5. The van der Waals surface area contributed by atoms with Crippen LogP contribution in [0.1, 0.15) is 61.9 Å². The van der Waals surface area contributed by atoms with Gasteiger partial charge in [-0.1, -0.05) is 68.1 Å². The summed E-state index contributed by atoms with van der Waals surface area (Å²) in [5, 5.41) is 17.8. The number of aryl methyl sites for hydroxylation is 1. The van der Waals surface area contributed by atoms with Crippen molar-refractivity contribution < 1.29 is 75.0 Å². The number of fused-ring (bicyclic) bond motifs is 1. The van der Waals surface area contributed by atoms with Crippen LogP contribution in [0, 0.1) is 30.2 Å². The molecular formula is C69H89F4N11O13S. The highest BCUT2D eigenvalue weighted by Gasteiger charge is 2.50. The lowest BCUT2D eigenvalue weighted by Crippen LogP contribution is -2.54. The minimum absolute atomic E-state index is 0.00757. The Labute approximate surface area is 572 Å². The highest BCUT2D eigenvalue weighted by Crippen LogP contribution is 2.51. The number of amides is 3. The number of carbonyl (C=O) groups is 2. The van der Waals surface area contributed by atoms with Crippen LogP contribution in [0.4, 0.5) is 28.2 Å². The first-order chi connectivity index (χ1) is 47.4. The predicted molar refractivity (Wildman–Crippen MR) is 363 cm³/mol. The number of aromatic nitrogens is 4. The molecule has 0 radical (unpaired) electrons. The van der Waals surface area contributed by atoms with Gasteiger partial charge in [0.25, 0.3) is 0 Å². The Balaban J connectivity index is 0.609. The molecule has 8 rings (SSSR count). The third-order valence-corrected chi connectivity index (χ3v) is 17.4. The number of carbonyl (C=O) groups excluding carboxylic acids is 2. The average molecular weight is 1390 g/mol. The van der Waals surface area contributed by atoms with Crippen molar-refractivity contribution in [2.45, 2.75) is 57.4 Å². The van der Waals surface area contributed by atoms with Gasteiger partial charge in [-0.2, -0.15) is 15.1 Å². The third-order valence-electron chi connectivity index (χ3n) is 15.9. The molecule has 2 aliphatic rings. The van der Waals surface area contributed by atoms with Crippen molar-refractivity contribution in [1.29, 1.82) is 0 Å². The molecule has 1 fully saturated rings. The molecule has 5 heterocycles. The topological polar surface area (TPSA) is 253 Å². The van der Waals surface area contributed by atoms with Gasteiger partial charge in [0.15, 0.2) is 11.5 Å². The molecule has 0 spiro atoms. The summed E-state index contributed by atoms with van der Waals surface area (Å²) in [6, 6.07) is 17.9. The minimum atomic E-state index is -1.10. The zero-order valence-corrected chi connectivity index (χ0v) is 57.2. The van der Waals surface area contributed by atoms with Crippen molar-refractivity contribution in [2.24, 2.45) is 10.8 Å². The van der Waals surface area contributed by atoms with E-state index in [1.54, 1.807) is 29.3 Å². The second kappa shape index (κ2) is 38.7. The van der Waals surface area contributed by atoms with Crippen LogP contribution in [0.3, 0.4) is 0 Å². The Morgan fingerprint density at radius 3 is 1.96 bits per heavy atom. The second-order valence-electron chi connectivity index (χ2n) is 23.4. The van der Waals surface area contributed by atoms with Crippen LogP contribution in [0.2, 0.25) is 0 Å². The maximum Gasteiger partial charge on any atom is 0.365 e. The molecular weight excluding hydrogens is 1300 g/mol. The van der Waals surface area contributed by atoms with Gasteiger partial charge in [0.05, 0.1) is 135 Å². The van der Waals surface area contributed by atoms with Crippen LogP contribution < -0.4 is 16.3 Å². The molecule has 2 atom stereocenters. The van der Waals surface area contributed by atoms with Gasteiger partial charge in [-0.25, -0.2) is 41.8 Å². The first kappa shape index (κ1) is 76.2. The second-order valence-corrected chi connectivity index (χ2v) is 24.6. The molecule has 29 heteroatoms. The molecule has 0 aliphatic carbocycles. The fourth-order valence-corrected chi connectivity index (χ4v) is 12.3. The van der Waals surface area contributed by atoms with E-state index < -0.39 is 56.9 Å². The van der Waals surface area contributed by atoms with E-state index in [0.717, 1.165) is 41.0 Å². The molecule has 1 saturated heterocycles. The molecule has 0 saturated carbocycles. The average Bonchev–Trinajstić information content (AvgIpc) is 1.08. The number of hydrogen-bond acceptors (Lipinski definition) is 21. The molecule has 1 unspecified atom stereocenters. The van der Waals surface area contributed by atoms with Gasteiger partial charge in [0.1, 0.15) is 44.6 Å². The molecule has 2 aliphatic heterocycles. The zero-order valence-electron chi connectivity index (χ0n) is 56.4. The third kappa shape index (κ3) is 20.8. The van der Waals surface area contributed by atoms with Crippen LogP contribution in [-0.2, 0) is 52.4 Å². The number of halogens is 4. The lowest BCUT2D eigenvalue weighted by molar-refractivity contribution is -0.126. The lowest BCUT2D eigenvalue weighted by atomic mass is 10.0. The number of rotatable bonds is 40. The van der Waals surface area contributed by atoms with E-state index >= 15 is 8.78 Å². The number of piperazine rings is 1. The van der Waals surface area contributed by atoms with Gasteiger partial charge in [-0.15, -0.1) is 0 Å². The van der Waals surface area contributed by atoms with Crippen LogP contribution in [0.5, 0.6) is 5.75 Å². The predicted octanol–water partition coefficient (Wildman–Crippen LogP) is 8.18. The van der Waals surface area contributed by atoms with E-state index in [1.165, 1.54) is 40.5 Å². The molecule has 0 bridgehead atoms. The fraction of sp³-hybridized carbons (Fsp3) is 0.493. The van der Waals surface area contributed by atoms with Gasteiger partial charge < -0.3 is 63.4 Å². The van der Waals surface area contributed by atoms with Crippen molar-refractivity contribution in [2.75, 3.05) is 171 Å². The number of urea groups is 1. The maximum absolute atomic E-state index is 16.2. The maximum atomic E-state index is 16.2. The molecule has 532 valence electrons. The number of nitrogens with zero attached hydrogens (tertiary/aromatic N) is 10. The van der Waals surface area contributed by atoms with Gasteiger partial charge in [0, 0.05) is 63.6 Å². The molecule has 3 amide bonds. The Morgan fingerprint density at radius 1 is 0.755 bits per heavy atom. The number of hydrogen-bond donors (Lipinski definition) is 2. The van der Waals surface area contributed by atoms with Crippen molar-refractivity contribution in [3.05, 3.63) is 153 Å².